The molecular formula is C36H66O2. The molecule has 0 aliphatic carbocycles. The summed E-state index contributed by atoms with van der Waals surface area (Å²) >= 11 is 0. The Kier molecular flexibility index (Phi) is 31.0. The molecule has 0 rings (SSSR count). The van der Waals surface area contributed by atoms with Gasteiger partial charge in [0.2, 0.25) is 0 Å². The summed E-state index contributed by atoms with van der Waals surface area (Å²) in [5.41, 5.74) is 0. The standard InChI is InChI=1S/C36H66O2/c1-3-5-7-9-11-13-15-17-19-21-23-25-27-29-31-33-36(38)35(34-37)32-30-28-26-24-22-20-18-16-14-12-10-8-6-4-2/h17-20,34-35H,3-16,21-33H2,1-2H3/b19-17?,20-18-. The molecule has 0 aromatic rings. The number of hydrogen-bond donors (Lipinski definition) is 0. The van der Waals surface area contributed by atoms with Crippen LogP contribution in [0.25, 0.3) is 0 Å². The third kappa shape index (κ3) is 27.8. The van der Waals surface area contributed by atoms with Crippen LogP contribution in [0.2, 0.25) is 0 Å². The molecule has 0 amide bonds. The van der Waals surface area contributed by atoms with Crippen LogP contribution in [0.5, 0.6) is 0 Å². The quantitative estimate of drug-likeness (QED) is 0.0386. The van der Waals surface area contributed by atoms with Gasteiger partial charge in [-0.2, -0.15) is 0 Å². The lowest BCUT2D eigenvalue weighted by Crippen LogP contribution is -2.15. The number of hydrogen-bond acceptors (Lipinski definition) is 2. The predicted molar refractivity (Wildman–Crippen MR) is 169 cm³/mol. The molecule has 0 spiro atoms. The lowest BCUT2D eigenvalue weighted by molar-refractivity contribution is -0.127. The molecule has 0 bridgehead atoms. The number of carbonyl (C=O) groups is 2. The van der Waals surface area contributed by atoms with E-state index in [1.807, 2.05) is 0 Å². The molecule has 222 valence electrons. The van der Waals surface area contributed by atoms with Gasteiger partial charge in [-0.15, -0.1) is 0 Å². The highest BCUT2D eigenvalue weighted by Gasteiger charge is 2.16. The van der Waals surface area contributed by atoms with Crippen molar-refractivity contribution in [3.05, 3.63) is 24.3 Å². The molecular weight excluding hydrogens is 464 g/mol. The Morgan fingerprint density at radius 3 is 1.21 bits per heavy atom. The second-order valence-electron chi connectivity index (χ2n) is 11.6. The highest BCUT2D eigenvalue weighted by atomic mass is 16.1. The van der Waals surface area contributed by atoms with Crippen molar-refractivity contribution < 1.29 is 9.59 Å². The molecule has 0 aliphatic heterocycles. The number of unbranched alkanes of at least 4 members (excludes halogenated alkanes) is 21. The van der Waals surface area contributed by atoms with Crippen LogP contribution in [0.3, 0.4) is 0 Å². The van der Waals surface area contributed by atoms with E-state index < -0.39 is 0 Å². The fraction of sp³-hybridized carbons (Fsp3) is 0.833. The largest absolute Gasteiger partial charge is 0.303 e. The van der Waals surface area contributed by atoms with Gasteiger partial charge in [0.1, 0.15) is 12.1 Å². The van der Waals surface area contributed by atoms with Crippen LogP contribution in [0.1, 0.15) is 187 Å². The first kappa shape index (κ1) is 36.8. The van der Waals surface area contributed by atoms with E-state index in [4.69, 9.17) is 0 Å². The van der Waals surface area contributed by atoms with Gasteiger partial charge in [0, 0.05) is 6.42 Å². The molecule has 0 fully saturated rings. The Labute approximate surface area is 238 Å². The molecule has 2 heteroatoms. The van der Waals surface area contributed by atoms with Crippen LogP contribution >= 0.6 is 0 Å². The van der Waals surface area contributed by atoms with Crippen molar-refractivity contribution in [2.24, 2.45) is 5.92 Å². The van der Waals surface area contributed by atoms with Crippen molar-refractivity contribution in [2.75, 3.05) is 0 Å². The van der Waals surface area contributed by atoms with Gasteiger partial charge in [0.15, 0.2) is 0 Å². The summed E-state index contributed by atoms with van der Waals surface area (Å²) in [5, 5.41) is 0. The first-order valence-electron chi connectivity index (χ1n) is 17.0. The van der Waals surface area contributed by atoms with Crippen molar-refractivity contribution in [3.8, 4) is 0 Å². The smallest absolute Gasteiger partial charge is 0.143 e. The molecule has 0 aromatic heterocycles. The Morgan fingerprint density at radius 1 is 0.474 bits per heavy atom. The van der Waals surface area contributed by atoms with Gasteiger partial charge in [-0.3, -0.25) is 4.79 Å². The number of rotatable bonds is 31. The van der Waals surface area contributed by atoms with Gasteiger partial charge < -0.3 is 4.79 Å². The monoisotopic (exact) mass is 531 g/mol. The van der Waals surface area contributed by atoms with Gasteiger partial charge in [-0.05, 0) is 64.2 Å². The van der Waals surface area contributed by atoms with Crippen LogP contribution in [0, 0.1) is 5.92 Å². The van der Waals surface area contributed by atoms with Gasteiger partial charge in [-0.1, -0.05) is 141 Å². The molecule has 0 N–H and O–H groups in total. The highest BCUT2D eigenvalue weighted by Crippen LogP contribution is 2.16. The number of carbonyl (C=O) groups excluding carboxylic acids is 2. The van der Waals surface area contributed by atoms with Gasteiger partial charge in [-0.25, -0.2) is 0 Å². The maximum atomic E-state index is 12.4. The highest BCUT2D eigenvalue weighted by molar-refractivity contribution is 5.93. The molecule has 1 atom stereocenters. The first-order chi connectivity index (χ1) is 18.8. The van der Waals surface area contributed by atoms with Crippen molar-refractivity contribution in [1.29, 1.82) is 0 Å². The zero-order valence-electron chi connectivity index (χ0n) is 25.9. The van der Waals surface area contributed by atoms with E-state index >= 15 is 0 Å². The second-order valence-corrected chi connectivity index (χ2v) is 11.6. The minimum atomic E-state index is -0.357. The SMILES string of the molecule is CCCCCCCCC=CCCCCCCCC(=O)C(C=O)CCCCCC/C=C\CCCCCCCC. The summed E-state index contributed by atoms with van der Waals surface area (Å²) in [7, 11) is 0. The van der Waals surface area contributed by atoms with E-state index in [2.05, 4.69) is 38.2 Å². The van der Waals surface area contributed by atoms with Crippen molar-refractivity contribution >= 4 is 12.1 Å². The third-order valence-electron chi connectivity index (χ3n) is 7.79. The van der Waals surface area contributed by atoms with Crippen LogP contribution in [0.4, 0.5) is 0 Å². The Bertz CT molecular complexity index is 548. The van der Waals surface area contributed by atoms with E-state index in [0.717, 1.165) is 38.4 Å². The minimum Gasteiger partial charge on any atom is -0.303 e. The average molecular weight is 531 g/mol. The minimum absolute atomic E-state index is 0.176. The maximum Gasteiger partial charge on any atom is 0.143 e. The van der Waals surface area contributed by atoms with Gasteiger partial charge in [0.05, 0.1) is 5.92 Å². The van der Waals surface area contributed by atoms with E-state index in [1.54, 1.807) is 0 Å². The summed E-state index contributed by atoms with van der Waals surface area (Å²) in [5.74, 6) is -0.181. The zero-order chi connectivity index (χ0) is 27.8. The average Bonchev–Trinajstić information content (AvgIpc) is 2.93. The molecule has 0 saturated heterocycles. The number of allylic oxidation sites excluding steroid dienone is 4. The van der Waals surface area contributed by atoms with Crippen LogP contribution in [0.15, 0.2) is 24.3 Å². The molecule has 0 aliphatic rings. The first-order valence-corrected chi connectivity index (χ1v) is 17.0. The molecule has 0 heterocycles. The van der Waals surface area contributed by atoms with E-state index in [0.29, 0.717) is 6.42 Å². The fourth-order valence-corrected chi connectivity index (χ4v) is 5.12. The van der Waals surface area contributed by atoms with Crippen molar-refractivity contribution in [3.63, 3.8) is 0 Å². The lowest BCUT2D eigenvalue weighted by atomic mass is 9.94. The van der Waals surface area contributed by atoms with Crippen LogP contribution in [-0.2, 0) is 9.59 Å². The Morgan fingerprint density at radius 2 is 0.816 bits per heavy atom. The second kappa shape index (κ2) is 32.0. The zero-order valence-corrected chi connectivity index (χ0v) is 25.9. The topological polar surface area (TPSA) is 34.1 Å². The number of Topliss-reactive ketones (excluding diaryl/α,β-unsaturated/α-hetero) is 1. The van der Waals surface area contributed by atoms with E-state index in [-0.39, 0.29) is 11.7 Å². The number of aldehydes is 1. The lowest BCUT2D eigenvalue weighted by Gasteiger charge is -2.09. The summed E-state index contributed by atoms with van der Waals surface area (Å²) in [6.45, 7) is 4.54. The number of ketones is 1. The maximum absolute atomic E-state index is 12.4. The summed E-state index contributed by atoms with van der Waals surface area (Å²) < 4.78 is 0. The normalized spacial score (nSPS) is 12.6. The van der Waals surface area contributed by atoms with Crippen LogP contribution in [-0.4, -0.2) is 12.1 Å². The summed E-state index contributed by atoms with van der Waals surface area (Å²) in [4.78, 5) is 23.9. The van der Waals surface area contributed by atoms with E-state index in [9.17, 15) is 9.59 Å². The predicted octanol–water partition coefficient (Wildman–Crippen LogP) is 12.1. The van der Waals surface area contributed by atoms with E-state index in [1.165, 1.54) is 135 Å². The third-order valence-corrected chi connectivity index (χ3v) is 7.79. The summed E-state index contributed by atoms with van der Waals surface area (Å²) in [6.07, 6.45) is 43.3. The molecule has 38 heavy (non-hydrogen) atoms. The molecule has 0 aromatic carbocycles. The molecule has 2 nitrogen and oxygen atoms in total. The van der Waals surface area contributed by atoms with Gasteiger partial charge in [0.25, 0.3) is 0 Å². The fourth-order valence-electron chi connectivity index (χ4n) is 5.12. The Hall–Kier alpha value is -1.18. The molecule has 0 radical (unpaired) electrons. The molecule has 0 saturated carbocycles. The Balaban J connectivity index is 3.51. The summed E-state index contributed by atoms with van der Waals surface area (Å²) in [6, 6.07) is 0. The van der Waals surface area contributed by atoms with Crippen LogP contribution < -0.4 is 0 Å². The van der Waals surface area contributed by atoms with Crippen molar-refractivity contribution in [1.82, 2.24) is 0 Å². The molecule has 1 unspecified atom stereocenters. The van der Waals surface area contributed by atoms with Gasteiger partial charge >= 0.3 is 0 Å². The van der Waals surface area contributed by atoms with Crippen molar-refractivity contribution in [2.45, 2.75) is 187 Å².